The van der Waals surface area contributed by atoms with Gasteiger partial charge in [0, 0.05) is 19.7 Å². The molecular weight excluding hydrogens is 232 g/mol. The zero-order valence-corrected chi connectivity index (χ0v) is 10.4. The Hall–Kier alpha value is -1.88. The van der Waals surface area contributed by atoms with E-state index in [9.17, 15) is 9.59 Å². The molecule has 0 saturated carbocycles. The van der Waals surface area contributed by atoms with E-state index < -0.39 is 11.8 Å². The zero-order chi connectivity index (χ0) is 13.4. The van der Waals surface area contributed by atoms with Crippen LogP contribution < -0.4 is 10.6 Å². The molecule has 1 aromatic rings. The molecule has 0 fully saturated rings. The average molecular weight is 250 g/mol. The van der Waals surface area contributed by atoms with Gasteiger partial charge in [-0.15, -0.1) is 0 Å². The molecule has 0 aliphatic carbocycles. The van der Waals surface area contributed by atoms with Gasteiger partial charge in [0.15, 0.2) is 0 Å². The fraction of sp³-hybridized carbons (Fsp3) is 0.385. The second-order valence-electron chi connectivity index (χ2n) is 4.00. The van der Waals surface area contributed by atoms with Crippen molar-refractivity contribution in [1.29, 1.82) is 0 Å². The Kier molecular flexibility index (Phi) is 5.87. The summed E-state index contributed by atoms with van der Waals surface area (Å²) in [7, 11) is 0. The summed E-state index contributed by atoms with van der Waals surface area (Å²) >= 11 is 0. The Morgan fingerprint density at radius 3 is 2.33 bits per heavy atom. The van der Waals surface area contributed by atoms with Crippen LogP contribution in [0.4, 0.5) is 0 Å². The largest absolute Gasteiger partial charge is 0.396 e. The fourth-order valence-corrected chi connectivity index (χ4v) is 1.33. The number of nitrogens with one attached hydrogen (secondary N) is 2. The zero-order valence-electron chi connectivity index (χ0n) is 10.4. The molecular formula is C13H18N2O3. The number of benzene rings is 1. The van der Waals surface area contributed by atoms with Crippen molar-refractivity contribution in [1.82, 2.24) is 10.6 Å². The second-order valence-corrected chi connectivity index (χ2v) is 4.00. The van der Waals surface area contributed by atoms with Crippen molar-refractivity contribution in [3.05, 3.63) is 35.4 Å². The van der Waals surface area contributed by atoms with E-state index in [0.29, 0.717) is 19.5 Å². The smallest absolute Gasteiger partial charge is 0.309 e. The van der Waals surface area contributed by atoms with E-state index in [-0.39, 0.29) is 6.61 Å². The number of carbonyl (C=O) groups is 2. The average Bonchev–Trinajstić information content (AvgIpc) is 2.38. The lowest BCUT2D eigenvalue weighted by Gasteiger charge is -2.06. The predicted octanol–water partition coefficient (Wildman–Crippen LogP) is 0.110. The second kappa shape index (κ2) is 7.45. The molecule has 5 heteroatoms. The number of hydrogen-bond donors (Lipinski definition) is 3. The van der Waals surface area contributed by atoms with Crippen molar-refractivity contribution in [2.45, 2.75) is 19.9 Å². The Morgan fingerprint density at radius 2 is 1.72 bits per heavy atom. The van der Waals surface area contributed by atoms with Crippen LogP contribution in [0.2, 0.25) is 0 Å². The van der Waals surface area contributed by atoms with Gasteiger partial charge in [-0.1, -0.05) is 29.8 Å². The van der Waals surface area contributed by atoms with Crippen molar-refractivity contribution >= 4 is 11.8 Å². The minimum atomic E-state index is -0.671. The highest BCUT2D eigenvalue weighted by Crippen LogP contribution is 2.02. The molecule has 0 heterocycles. The van der Waals surface area contributed by atoms with E-state index in [0.717, 1.165) is 11.1 Å². The summed E-state index contributed by atoms with van der Waals surface area (Å²) in [6.45, 7) is 2.60. The molecule has 2 amide bonds. The molecule has 18 heavy (non-hydrogen) atoms. The summed E-state index contributed by atoms with van der Waals surface area (Å²) in [6, 6.07) is 7.70. The third kappa shape index (κ3) is 4.97. The van der Waals surface area contributed by atoms with Crippen LogP contribution in [-0.4, -0.2) is 30.1 Å². The number of aryl methyl sites for hydroxylation is 1. The maximum absolute atomic E-state index is 11.4. The van der Waals surface area contributed by atoms with Gasteiger partial charge in [-0.2, -0.15) is 0 Å². The van der Waals surface area contributed by atoms with Gasteiger partial charge in [-0.05, 0) is 18.9 Å². The SMILES string of the molecule is Cc1ccc(CNC(=O)C(=O)NCCCO)cc1. The maximum atomic E-state index is 11.4. The maximum Gasteiger partial charge on any atom is 0.309 e. The molecule has 0 radical (unpaired) electrons. The first-order chi connectivity index (χ1) is 8.63. The van der Waals surface area contributed by atoms with Gasteiger partial charge in [0.2, 0.25) is 0 Å². The van der Waals surface area contributed by atoms with Crippen LogP contribution in [0.5, 0.6) is 0 Å². The number of carbonyl (C=O) groups excluding carboxylic acids is 2. The van der Waals surface area contributed by atoms with Gasteiger partial charge in [0.05, 0.1) is 0 Å². The van der Waals surface area contributed by atoms with Crippen molar-refractivity contribution in [3.63, 3.8) is 0 Å². The van der Waals surface area contributed by atoms with E-state index in [4.69, 9.17) is 5.11 Å². The minimum Gasteiger partial charge on any atom is -0.396 e. The molecule has 1 rings (SSSR count). The van der Waals surface area contributed by atoms with Gasteiger partial charge < -0.3 is 15.7 Å². The van der Waals surface area contributed by atoms with E-state index >= 15 is 0 Å². The van der Waals surface area contributed by atoms with Crippen molar-refractivity contribution in [2.24, 2.45) is 0 Å². The van der Waals surface area contributed by atoms with Gasteiger partial charge in [0.25, 0.3) is 0 Å². The standard InChI is InChI=1S/C13H18N2O3/c1-10-3-5-11(6-4-10)9-15-13(18)12(17)14-7-2-8-16/h3-6,16H,2,7-9H2,1H3,(H,14,17)(H,15,18). The molecule has 98 valence electrons. The molecule has 0 unspecified atom stereocenters. The van der Waals surface area contributed by atoms with E-state index in [1.807, 2.05) is 31.2 Å². The first kappa shape index (κ1) is 14.2. The normalized spacial score (nSPS) is 9.89. The summed E-state index contributed by atoms with van der Waals surface area (Å²) in [6.07, 6.45) is 0.441. The summed E-state index contributed by atoms with van der Waals surface area (Å²) in [5, 5.41) is 13.5. The Balaban J connectivity index is 2.32. The van der Waals surface area contributed by atoms with Gasteiger partial charge in [-0.3, -0.25) is 9.59 Å². The Bertz CT molecular complexity index is 401. The van der Waals surface area contributed by atoms with Crippen molar-refractivity contribution in [3.8, 4) is 0 Å². The lowest BCUT2D eigenvalue weighted by atomic mass is 10.1. The van der Waals surface area contributed by atoms with E-state index in [1.54, 1.807) is 0 Å². The molecule has 0 aromatic heterocycles. The quantitative estimate of drug-likeness (QED) is 0.512. The monoisotopic (exact) mass is 250 g/mol. The van der Waals surface area contributed by atoms with Gasteiger partial charge >= 0.3 is 11.8 Å². The summed E-state index contributed by atoms with van der Waals surface area (Å²) < 4.78 is 0. The van der Waals surface area contributed by atoms with Gasteiger partial charge in [-0.25, -0.2) is 0 Å². The Morgan fingerprint density at radius 1 is 1.11 bits per heavy atom. The summed E-state index contributed by atoms with van der Waals surface area (Å²) in [5.41, 5.74) is 2.09. The van der Waals surface area contributed by atoms with E-state index in [2.05, 4.69) is 10.6 Å². The van der Waals surface area contributed by atoms with Gasteiger partial charge in [0.1, 0.15) is 0 Å². The number of rotatable bonds is 5. The van der Waals surface area contributed by atoms with Crippen molar-refractivity contribution < 1.29 is 14.7 Å². The highest BCUT2D eigenvalue weighted by atomic mass is 16.3. The van der Waals surface area contributed by atoms with Crippen LogP contribution in [0.15, 0.2) is 24.3 Å². The number of hydrogen-bond acceptors (Lipinski definition) is 3. The highest BCUT2D eigenvalue weighted by molar-refractivity contribution is 6.35. The lowest BCUT2D eigenvalue weighted by molar-refractivity contribution is -0.139. The molecule has 5 nitrogen and oxygen atoms in total. The number of amides is 2. The molecule has 0 saturated heterocycles. The van der Waals surface area contributed by atoms with Crippen molar-refractivity contribution in [2.75, 3.05) is 13.2 Å². The van der Waals surface area contributed by atoms with Crippen LogP contribution in [-0.2, 0) is 16.1 Å². The van der Waals surface area contributed by atoms with Crippen LogP contribution in [0.25, 0.3) is 0 Å². The van der Waals surface area contributed by atoms with Crippen LogP contribution >= 0.6 is 0 Å². The molecule has 1 aromatic carbocycles. The molecule has 0 aliphatic heterocycles. The topological polar surface area (TPSA) is 78.4 Å². The summed E-state index contributed by atoms with van der Waals surface area (Å²) in [4.78, 5) is 22.7. The van der Waals surface area contributed by atoms with E-state index in [1.165, 1.54) is 0 Å². The third-order valence-electron chi connectivity index (χ3n) is 2.40. The lowest BCUT2D eigenvalue weighted by Crippen LogP contribution is -2.40. The summed E-state index contributed by atoms with van der Waals surface area (Å²) in [5.74, 6) is -1.33. The third-order valence-corrected chi connectivity index (χ3v) is 2.40. The molecule has 0 aliphatic rings. The van der Waals surface area contributed by atoms with Crippen LogP contribution in [0, 0.1) is 6.92 Å². The predicted molar refractivity (Wildman–Crippen MR) is 67.7 cm³/mol. The fourth-order valence-electron chi connectivity index (χ4n) is 1.33. The number of aliphatic hydroxyl groups excluding tert-OH is 1. The first-order valence-corrected chi connectivity index (χ1v) is 5.86. The molecule has 0 spiro atoms. The Labute approximate surface area is 106 Å². The molecule has 0 atom stereocenters. The highest BCUT2D eigenvalue weighted by Gasteiger charge is 2.11. The molecule has 0 bridgehead atoms. The minimum absolute atomic E-state index is 0.00867. The number of aliphatic hydroxyl groups is 1. The first-order valence-electron chi connectivity index (χ1n) is 5.86. The van der Waals surface area contributed by atoms with Crippen LogP contribution in [0.3, 0.4) is 0 Å². The van der Waals surface area contributed by atoms with Crippen LogP contribution in [0.1, 0.15) is 17.5 Å². The molecule has 3 N–H and O–H groups in total.